The van der Waals surface area contributed by atoms with Gasteiger partial charge in [-0.2, -0.15) is 0 Å². The Balaban J connectivity index is 1.72. The van der Waals surface area contributed by atoms with Gasteiger partial charge in [-0.3, -0.25) is 0 Å². The maximum absolute atomic E-state index is 13.1. The Morgan fingerprint density at radius 3 is 2.78 bits per heavy atom. The number of nitrogens with two attached hydrogens (primary N) is 1. The highest BCUT2D eigenvalue weighted by atomic mass is 19.1. The lowest BCUT2D eigenvalue weighted by molar-refractivity contribution is 0.479. The molecule has 2 atom stereocenters. The van der Waals surface area contributed by atoms with Crippen molar-refractivity contribution in [2.45, 2.75) is 24.8 Å². The summed E-state index contributed by atoms with van der Waals surface area (Å²) in [5.41, 5.74) is 9.99. The minimum atomic E-state index is -0.186. The first-order chi connectivity index (χ1) is 8.74. The summed E-state index contributed by atoms with van der Waals surface area (Å²) >= 11 is 0. The van der Waals surface area contributed by atoms with Gasteiger partial charge in [-0.25, -0.2) is 4.39 Å². The molecule has 0 saturated carbocycles. The summed E-state index contributed by atoms with van der Waals surface area (Å²) in [4.78, 5) is 0. The van der Waals surface area contributed by atoms with Gasteiger partial charge in [0.2, 0.25) is 0 Å². The van der Waals surface area contributed by atoms with E-state index in [4.69, 9.17) is 5.73 Å². The second kappa shape index (κ2) is 4.54. The van der Waals surface area contributed by atoms with Crippen molar-refractivity contribution in [1.29, 1.82) is 0 Å². The molecule has 0 aliphatic heterocycles. The van der Waals surface area contributed by atoms with Gasteiger partial charge in [0.1, 0.15) is 5.82 Å². The number of halogens is 1. The van der Waals surface area contributed by atoms with Gasteiger partial charge in [0, 0.05) is 12.0 Å². The molecule has 2 heteroatoms. The van der Waals surface area contributed by atoms with Crippen molar-refractivity contribution in [3.63, 3.8) is 0 Å². The molecule has 2 aromatic rings. The van der Waals surface area contributed by atoms with Crippen molar-refractivity contribution < 1.29 is 4.39 Å². The van der Waals surface area contributed by atoms with Crippen molar-refractivity contribution in [2.24, 2.45) is 5.73 Å². The zero-order valence-electron chi connectivity index (χ0n) is 10.1. The first-order valence-corrected chi connectivity index (χ1v) is 6.32. The quantitative estimate of drug-likeness (QED) is 0.878. The monoisotopic (exact) mass is 241 g/mol. The molecule has 1 aliphatic carbocycles. The molecule has 0 fully saturated rings. The van der Waals surface area contributed by atoms with E-state index < -0.39 is 0 Å². The highest BCUT2D eigenvalue weighted by Gasteiger charge is 2.30. The zero-order valence-corrected chi connectivity index (χ0v) is 10.1. The van der Waals surface area contributed by atoms with Crippen LogP contribution in [0.25, 0.3) is 0 Å². The smallest absolute Gasteiger partial charge is 0.123 e. The second-order valence-electron chi connectivity index (χ2n) is 5.01. The number of hydrogen-bond donors (Lipinski definition) is 1. The Bertz CT molecular complexity index is 565. The van der Waals surface area contributed by atoms with E-state index in [-0.39, 0.29) is 11.9 Å². The summed E-state index contributed by atoms with van der Waals surface area (Å²) < 4.78 is 13.1. The molecule has 0 aromatic heterocycles. The van der Waals surface area contributed by atoms with Crippen molar-refractivity contribution in [3.05, 3.63) is 71.0 Å². The number of fused-ring (bicyclic) bond motifs is 1. The molecule has 0 saturated heterocycles. The molecule has 2 unspecified atom stereocenters. The van der Waals surface area contributed by atoms with Crippen LogP contribution in [0.4, 0.5) is 4.39 Å². The van der Waals surface area contributed by atoms with E-state index in [1.807, 2.05) is 6.07 Å². The fourth-order valence-electron chi connectivity index (χ4n) is 2.76. The van der Waals surface area contributed by atoms with E-state index in [9.17, 15) is 4.39 Å². The highest BCUT2D eigenvalue weighted by Crippen LogP contribution is 2.37. The normalized spacial score (nSPS) is 18.9. The summed E-state index contributed by atoms with van der Waals surface area (Å²) in [5.74, 6) is 0.234. The first-order valence-electron chi connectivity index (χ1n) is 6.32. The summed E-state index contributed by atoms with van der Waals surface area (Å²) in [6.07, 6.45) is 1.78. The molecule has 0 spiro atoms. The van der Waals surface area contributed by atoms with Crippen LogP contribution in [-0.4, -0.2) is 6.04 Å². The Morgan fingerprint density at radius 1 is 1.17 bits per heavy atom. The summed E-state index contributed by atoms with van der Waals surface area (Å²) in [7, 11) is 0. The molecule has 0 heterocycles. The van der Waals surface area contributed by atoms with Crippen molar-refractivity contribution >= 4 is 0 Å². The largest absolute Gasteiger partial charge is 0.327 e. The molecule has 1 aliphatic rings. The van der Waals surface area contributed by atoms with Crippen LogP contribution in [0.5, 0.6) is 0 Å². The third kappa shape index (κ3) is 2.04. The van der Waals surface area contributed by atoms with Crippen LogP contribution in [0.15, 0.2) is 48.5 Å². The van der Waals surface area contributed by atoms with Gasteiger partial charge in [0.25, 0.3) is 0 Å². The lowest BCUT2D eigenvalue weighted by atomic mass is 9.72. The van der Waals surface area contributed by atoms with E-state index in [1.165, 1.54) is 17.2 Å². The molecular weight excluding hydrogens is 225 g/mol. The molecule has 2 aromatic carbocycles. The van der Waals surface area contributed by atoms with Crippen LogP contribution in [0.1, 0.15) is 22.6 Å². The fraction of sp³-hybridized carbons (Fsp3) is 0.250. The van der Waals surface area contributed by atoms with Crippen LogP contribution >= 0.6 is 0 Å². The van der Waals surface area contributed by atoms with Crippen LogP contribution in [0.2, 0.25) is 0 Å². The average Bonchev–Trinajstić information content (AvgIpc) is 2.30. The Labute approximate surface area is 106 Å². The van der Waals surface area contributed by atoms with Gasteiger partial charge in [-0.1, -0.05) is 36.4 Å². The average molecular weight is 241 g/mol. The Morgan fingerprint density at radius 2 is 2.00 bits per heavy atom. The van der Waals surface area contributed by atoms with E-state index in [0.29, 0.717) is 5.92 Å². The molecule has 0 amide bonds. The lowest BCUT2D eigenvalue weighted by Crippen LogP contribution is -2.37. The predicted octanol–water partition coefficient (Wildman–Crippen LogP) is 3.04. The van der Waals surface area contributed by atoms with Gasteiger partial charge >= 0.3 is 0 Å². The van der Waals surface area contributed by atoms with Gasteiger partial charge in [0.15, 0.2) is 0 Å². The maximum Gasteiger partial charge on any atom is 0.123 e. The van der Waals surface area contributed by atoms with Crippen molar-refractivity contribution in [2.75, 3.05) is 0 Å². The van der Waals surface area contributed by atoms with Gasteiger partial charge in [0.05, 0.1) is 0 Å². The Kier molecular flexibility index (Phi) is 2.88. The van der Waals surface area contributed by atoms with Crippen LogP contribution < -0.4 is 5.73 Å². The number of benzene rings is 2. The minimum absolute atomic E-state index is 0.0710. The molecule has 3 rings (SSSR count). The van der Waals surface area contributed by atoms with Crippen LogP contribution in [-0.2, 0) is 12.8 Å². The lowest BCUT2D eigenvalue weighted by Gasteiger charge is -2.34. The molecule has 92 valence electrons. The second-order valence-corrected chi connectivity index (χ2v) is 5.01. The van der Waals surface area contributed by atoms with E-state index >= 15 is 0 Å². The standard InChI is InChI=1S/C16H16FN/c17-13-6-3-4-11(8-13)9-16(18)15-10-12-5-1-2-7-14(12)15/h1-8,15-16H,9-10,18H2. The molecule has 2 N–H and O–H groups in total. The molecule has 1 nitrogen and oxygen atoms in total. The van der Waals surface area contributed by atoms with E-state index in [2.05, 4.69) is 24.3 Å². The first kappa shape index (κ1) is 11.4. The maximum atomic E-state index is 13.1. The van der Waals surface area contributed by atoms with Gasteiger partial charge in [-0.15, -0.1) is 0 Å². The zero-order chi connectivity index (χ0) is 12.5. The molecule has 18 heavy (non-hydrogen) atoms. The number of hydrogen-bond acceptors (Lipinski definition) is 1. The van der Waals surface area contributed by atoms with Crippen molar-refractivity contribution in [1.82, 2.24) is 0 Å². The topological polar surface area (TPSA) is 26.0 Å². The van der Waals surface area contributed by atoms with E-state index in [0.717, 1.165) is 18.4 Å². The fourth-order valence-corrected chi connectivity index (χ4v) is 2.76. The third-order valence-electron chi connectivity index (χ3n) is 3.77. The van der Waals surface area contributed by atoms with Gasteiger partial charge < -0.3 is 5.73 Å². The predicted molar refractivity (Wildman–Crippen MR) is 71.0 cm³/mol. The van der Waals surface area contributed by atoms with Crippen LogP contribution in [0.3, 0.4) is 0 Å². The SMILES string of the molecule is NC(Cc1cccc(F)c1)C1Cc2ccccc21. The number of rotatable bonds is 3. The third-order valence-corrected chi connectivity index (χ3v) is 3.77. The minimum Gasteiger partial charge on any atom is -0.327 e. The van der Waals surface area contributed by atoms with Crippen molar-refractivity contribution in [3.8, 4) is 0 Å². The molecule has 0 radical (unpaired) electrons. The highest BCUT2D eigenvalue weighted by molar-refractivity contribution is 5.41. The van der Waals surface area contributed by atoms with Crippen LogP contribution in [0, 0.1) is 5.82 Å². The summed E-state index contributed by atoms with van der Waals surface area (Å²) in [5, 5.41) is 0. The summed E-state index contributed by atoms with van der Waals surface area (Å²) in [6, 6.07) is 15.2. The van der Waals surface area contributed by atoms with Gasteiger partial charge in [-0.05, 0) is 41.7 Å². The molecule has 0 bridgehead atoms. The Hall–Kier alpha value is -1.67. The molecular formula is C16H16FN. The van der Waals surface area contributed by atoms with E-state index in [1.54, 1.807) is 12.1 Å². The summed E-state index contributed by atoms with van der Waals surface area (Å²) in [6.45, 7) is 0.